The molecule has 3 N–H and O–H groups in total. The number of fused-ring (bicyclic) bond motifs is 1. The van der Waals surface area contributed by atoms with E-state index in [9.17, 15) is 5.26 Å². The van der Waals surface area contributed by atoms with Crippen LogP contribution in [0.5, 0.6) is 0 Å². The van der Waals surface area contributed by atoms with Crippen molar-refractivity contribution in [1.82, 2.24) is 20.2 Å². The van der Waals surface area contributed by atoms with Crippen molar-refractivity contribution in [3.8, 4) is 17.3 Å². The number of hydrogen-bond acceptors (Lipinski definition) is 4. The summed E-state index contributed by atoms with van der Waals surface area (Å²) in [6.45, 7) is 3.11. The van der Waals surface area contributed by atoms with Crippen LogP contribution >= 0.6 is 0 Å². The summed E-state index contributed by atoms with van der Waals surface area (Å²) in [6, 6.07) is 18.1. The van der Waals surface area contributed by atoms with Gasteiger partial charge in [0.15, 0.2) is 0 Å². The summed E-state index contributed by atoms with van der Waals surface area (Å²) in [5.41, 5.74) is 6.12. The average molecular weight is 385 g/mol. The number of nitrogens with one attached hydrogen (secondary N) is 2. The Bertz CT molecular complexity index is 1210. The number of imidazole rings is 1. The van der Waals surface area contributed by atoms with E-state index in [1.165, 1.54) is 0 Å². The molecule has 7 nitrogen and oxygen atoms in total. The van der Waals surface area contributed by atoms with Crippen LogP contribution < -0.4 is 0 Å². The maximum atomic E-state index is 9.61. The lowest BCUT2D eigenvalue weighted by molar-refractivity contribution is -0.134. The average Bonchev–Trinajstić information content (AvgIpc) is 3.32. The van der Waals surface area contributed by atoms with Gasteiger partial charge in [0.05, 0.1) is 28.5 Å². The molecule has 2 heterocycles. The van der Waals surface area contributed by atoms with Crippen LogP contribution in [0.3, 0.4) is 0 Å². The third-order valence-corrected chi connectivity index (χ3v) is 4.04. The van der Waals surface area contributed by atoms with Crippen LogP contribution in [-0.4, -0.2) is 31.2 Å². The molecule has 2 aromatic carbocycles. The second-order valence-corrected chi connectivity index (χ2v) is 6.36. The molecule has 4 aromatic rings. The molecule has 29 heavy (non-hydrogen) atoms. The van der Waals surface area contributed by atoms with Gasteiger partial charge in [-0.25, -0.2) is 4.98 Å². The number of allylic oxidation sites excluding steroid dienone is 1. The second-order valence-electron chi connectivity index (χ2n) is 6.36. The van der Waals surface area contributed by atoms with Crippen LogP contribution in [0, 0.1) is 18.3 Å². The summed E-state index contributed by atoms with van der Waals surface area (Å²) in [5, 5.41) is 24.2. The number of H-pyrrole nitrogens is 2. The van der Waals surface area contributed by atoms with Crippen molar-refractivity contribution in [2.24, 2.45) is 0 Å². The van der Waals surface area contributed by atoms with Crippen molar-refractivity contribution in [1.29, 1.82) is 5.26 Å². The van der Waals surface area contributed by atoms with Crippen LogP contribution in [0.25, 0.3) is 33.9 Å². The van der Waals surface area contributed by atoms with Gasteiger partial charge in [0.25, 0.3) is 5.97 Å². The molecule has 0 aliphatic rings. The highest BCUT2D eigenvalue weighted by Gasteiger charge is 2.11. The lowest BCUT2D eigenvalue weighted by Gasteiger charge is -2.00. The van der Waals surface area contributed by atoms with E-state index in [4.69, 9.17) is 9.90 Å². The molecule has 144 valence electrons. The quantitative estimate of drug-likeness (QED) is 0.451. The molecule has 0 aliphatic carbocycles. The molecular formula is C22H19N5O2. The number of aromatic nitrogens is 4. The first kappa shape index (κ1) is 19.6. The Kier molecular flexibility index (Phi) is 5.85. The normalized spacial score (nSPS) is 10.9. The predicted molar refractivity (Wildman–Crippen MR) is 112 cm³/mol. The van der Waals surface area contributed by atoms with Gasteiger partial charge in [0.1, 0.15) is 11.9 Å². The van der Waals surface area contributed by atoms with E-state index >= 15 is 0 Å². The molecule has 0 saturated carbocycles. The standard InChI is InChI=1S/C20H15N5.C2H4O2/c1-13-7-8-17-18(9-13)24-20(23-17)15(11-21)10-16-12-22-25-19(16)14-5-3-2-4-6-14;1-2(3)4/h2-10,12H,1H3,(H,22,25)(H,23,24);1H3,(H,3,4)/b15-10+;. The smallest absolute Gasteiger partial charge is 0.300 e. The van der Waals surface area contributed by atoms with Gasteiger partial charge >= 0.3 is 0 Å². The summed E-state index contributed by atoms with van der Waals surface area (Å²) >= 11 is 0. The number of benzene rings is 2. The lowest BCUT2D eigenvalue weighted by atomic mass is 10.1. The third-order valence-electron chi connectivity index (χ3n) is 4.04. The Labute approximate surface area is 167 Å². The molecule has 0 saturated heterocycles. The minimum Gasteiger partial charge on any atom is -0.481 e. The summed E-state index contributed by atoms with van der Waals surface area (Å²) in [6.07, 6.45) is 3.52. The molecule has 7 heteroatoms. The zero-order valence-corrected chi connectivity index (χ0v) is 16.0. The monoisotopic (exact) mass is 385 g/mol. The van der Waals surface area contributed by atoms with Gasteiger partial charge in [-0.3, -0.25) is 9.89 Å². The summed E-state index contributed by atoms with van der Waals surface area (Å²) in [4.78, 5) is 16.8. The van der Waals surface area contributed by atoms with Crippen molar-refractivity contribution < 1.29 is 9.90 Å². The molecule has 0 amide bonds. The van der Waals surface area contributed by atoms with Crippen LogP contribution in [0.2, 0.25) is 0 Å². The van der Waals surface area contributed by atoms with Crippen LogP contribution in [-0.2, 0) is 4.79 Å². The zero-order chi connectivity index (χ0) is 20.8. The molecule has 0 fully saturated rings. The van der Waals surface area contributed by atoms with Gasteiger partial charge in [-0.15, -0.1) is 0 Å². The first-order valence-corrected chi connectivity index (χ1v) is 8.85. The fraction of sp³-hybridized carbons (Fsp3) is 0.0909. The third kappa shape index (κ3) is 4.76. The number of carboxylic acids is 1. The van der Waals surface area contributed by atoms with E-state index in [2.05, 4.69) is 26.2 Å². The van der Waals surface area contributed by atoms with Gasteiger partial charge in [0.2, 0.25) is 0 Å². The van der Waals surface area contributed by atoms with Crippen molar-refractivity contribution >= 4 is 28.7 Å². The molecule has 0 atom stereocenters. The molecular weight excluding hydrogens is 366 g/mol. The van der Waals surface area contributed by atoms with Crippen molar-refractivity contribution in [3.63, 3.8) is 0 Å². The Hall–Kier alpha value is -4.18. The maximum absolute atomic E-state index is 9.61. The van der Waals surface area contributed by atoms with Gasteiger partial charge in [-0.2, -0.15) is 10.4 Å². The van der Waals surface area contributed by atoms with Gasteiger partial charge in [-0.05, 0) is 30.7 Å². The summed E-state index contributed by atoms with van der Waals surface area (Å²) in [7, 11) is 0. The molecule has 4 rings (SSSR count). The molecule has 0 aliphatic heterocycles. The van der Waals surface area contributed by atoms with E-state index in [0.29, 0.717) is 11.4 Å². The van der Waals surface area contributed by atoms with E-state index < -0.39 is 5.97 Å². The highest BCUT2D eigenvalue weighted by Crippen LogP contribution is 2.25. The van der Waals surface area contributed by atoms with E-state index in [-0.39, 0.29) is 0 Å². The van der Waals surface area contributed by atoms with Crippen LogP contribution in [0.4, 0.5) is 0 Å². The number of nitriles is 1. The second kappa shape index (κ2) is 8.67. The van der Waals surface area contributed by atoms with Crippen LogP contribution in [0.1, 0.15) is 23.9 Å². The minimum atomic E-state index is -0.833. The molecule has 0 spiro atoms. The van der Waals surface area contributed by atoms with Gasteiger partial charge in [0, 0.05) is 18.1 Å². The van der Waals surface area contributed by atoms with E-state index in [1.54, 1.807) is 12.3 Å². The van der Waals surface area contributed by atoms with Crippen molar-refractivity contribution in [2.45, 2.75) is 13.8 Å². The summed E-state index contributed by atoms with van der Waals surface area (Å²) < 4.78 is 0. The fourth-order valence-corrected chi connectivity index (χ4v) is 2.80. The number of carboxylic acid groups (broad SMARTS) is 1. The number of nitrogens with zero attached hydrogens (tertiary/aromatic N) is 3. The van der Waals surface area contributed by atoms with Crippen molar-refractivity contribution in [2.75, 3.05) is 0 Å². The zero-order valence-electron chi connectivity index (χ0n) is 16.0. The maximum Gasteiger partial charge on any atom is 0.300 e. The topological polar surface area (TPSA) is 118 Å². The number of aryl methyl sites for hydroxylation is 1. The number of aliphatic carboxylic acids is 1. The minimum absolute atomic E-state index is 0.465. The van der Waals surface area contributed by atoms with E-state index in [1.807, 2.05) is 55.5 Å². The number of hydrogen-bond donors (Lipinski definition) is 3. The summed E-state index contributed by atoms with van der Waals surface area (Å²) in [5.74, 6) is -0.275. The highest BCUT2D eigenvalue weighted by atomic mass is 16.4. The number of aromatic amines is 2. The first-order valence-electron chi connectivity index (χ1n) is 8.85. The van der Waals surface area contributed by atoms with Crippen molar-refractivity contribution in [3.05, 3.63) is 71.7 Å². The predicted octanol–water partition coefficient (Wildman–Crippen LogP) is 4.42. The van der Waals surface area contributed by atoms with Gasteiger partial charge in [-0.1, -0.05) is 36.4 Å². The Balaban J connectivity index is 0.000000552. The fourth-order valence-electron chi connectivity index (χ4n) is 2.80. The van der Waals surface area contributed by atoms with Gasteiger partial charge < -0.3 is 10.1 Å². The first-order chi connectivity index (χ1) is 14.0. The molecule has 0 unspecified atom stereocenters. The van der Waals surface area contributed by atoms with Crippen LogP contribution in [0.15, 0.2) is 54.7 Å². The number of carbonyl (C=O) groups is 1. The number of rotatable bonds is 3. The molecule has 0 radical (unpaired) electrons. The Morgan fingerprint density at radius 1 is 1.21 bits per heavy atom. The lowest BCUT2D eigenvalue weighted by Crippen LogP contribution is -1.86. The highest BCUT2D eigenvalue weighted by molar-refractivity contribution is 5.92. The Morgan fingerprint density at radius 2 is 1.93 bits per heavy atom. The van der Waals surface area contributed by atoms with E-state index in [0.717, 1.165) is 40.3 Å². The Morgan fingerprint density at radius 3 is 2.62 bits per heavy atom. The SMILES string of the molecule is CC(=O)O.Cc1ccc2nc(/C(C#N)=C/c3cn[nH]c3-c3ccccc3)[nH]c2c1. The largest absolute Gasteiger partial charge is 0.481 e. The molecule has 0 bridgehead atoms. The molecule has 2 aromatic heterocycles.